The molecule has 1 rings (SSSR count). The number of aliphatic imine (C=N–C) groups is 1. The van der Waals surface area contributed by atoms with Crippen LogP contribution in [0.25, 0.3) is 0 Å². The Kier molecular flexibility index (Phi) is 9.29. The summed E-state index contributed by atoms with van der Waals surface area (Å²) in [4.78, 5) is 18.7. The van der Waals surface area contributed by atoms with Gasteiger partial charge < -0.3 is 15.1 Å². The van der Waals surface area contributed by atoms with Crippen LogP contribution >= 0.6 is 11.8 Å². The minimum absolute atomic E-state index is 0.255. The van der Waals surface area contributed by atoms with Gasteiger partial charge in [-0.15, -0.1) is 11.8 Å². The summed E-state index contributed by atoms with van der Waals surface area (Å²) in [5.41, 5.74) is 2.44. The van der Waals surface area contributed by atoms with Gasteiger partial charge in [0, 0.05) is 26.1 Å². The Hall–Kier alpha value is -1.57. The van der Waals surface area contributed by atoms with Gasteiger partial charge in [-0.3, -0.25) is 4.99 Å². The molecule has 1 saturated heterocycles. The van der Waals surface area contributed by atoms with E-state index in [1.807, 2.05) is 34.0 Å². The van der Waals surface area contributed by atoms with Crippen LogP contribution in [-0.4, -0.2) is 59.8 Å². The highest BCUT2D eigenvalue weighted by atomic mass is 32.2. The number of carbonyl (C=O) groups is 1. The van der Waals surface area contributed by atoms with E-state index in [-0.39, 0.29) is 29.6 Å². The van der Waals surface area contributed by atoms with Crippen LogP contribution in [0.2, 0.25) is 0 Å². The Balaban J connectivity index is 2.79. The summed E-state index contributed by atoms with van der Waals surface area (Å²) in [6.07, 6.45) is 4.73. The Labute approximate surface area is 166 Å². The largest absolute Gasteiger partial charge is 0.444 e. The molecule has 154 valence electrons. The molecule has 27 heavy (non-hydrogen) atoms. The minimum Gasteiger partial charge on any atom is -0.444 e. The van der Waals surface area contributed by atoms with Crippen LogP contribution < -0.4 is 5.43 Å². The zero-order valence-corrected chi connectivity index (χ0v) is 18.3. The molecule has 0 saturated carbocycles. The van der Waals surface area contributed by atoms with Gasteiger partial charge in [-0.1, -0.05) is 0 Å². The van der Waals surface area contributed by atoms with Crippen molar-refractivity contribution in [2.75, 3.05) is 26.4 Å². The fourth-order valence-corrected chi connectivity index (χ4v) is 3.66. The summed E-state index contributed by atoms with van der Waals surface area (Å²) in [5, 5.41) is 5.01. The zero-order valence-electron chi connectivity index (χ0n) is 17.5. The lowest BCUT2D eigenvalue weighted by molar-refractivity contribution is 0.0202. The number of nitrogens with one attached hydrogen (secondary N) is 1. The van der Waals surface area contributed by atoms with E-state index < -0.39 is 5.60 Å². The van der Waals surface area contributed by atoms with Gasteiger partial charge in [-0.05, 0) is 59.8 Å². The van der Waals surface area contributed by atoms with Crippen molar-refractivity contribution in [2.24, 2.45) is 16.0 Å². The summed E-state index contributed by atoms with van der Waals surface area (Å²) >= 11 is 1.58. The van der Waals surface area contributed by atoms with Gasteiger partial charge in [-0.2, -0.15) is 5.10 Å². The molecule has 0 bridgehead atoms. The maximum Gasteiger partial charge on any atom is 0.410 e. The van der Waals surface area contributed by atoms with Crippen LogP contribution in [0.1, 0.15) is 47.5 Å². The summed E-state index contributed by atoms with van der Waals surface area (Å²) < 4.78 is 19.5. The topological polar surface area (TPSA) is 66.3 Å². The number of rotatable bonds is 5. The monoisotopic (exact) mass is 400 g/mol. The predicted molar refractivity (Wildman–Crippen MR) is 112 cm³/mol. The number of allylic oxidation sites excluding steroid dienone is 1. The number of thioether (sulfide) groups is 1. The number of likely N-dealkylation sites (tertiary alicyclic amines) is 1. The Bertz CT molecular complexity index is 591. The van der Waals surface area contributed by atoms with Crippen molar-refractivity contribution >= 4 is 28.6 Å². The van der Waals surface area contributed by atoms with Crippen LogP contribution in [0.3, 0.4) is 0 Å². The quantitative estimate of drug-likeness (QED) is 0.426. The van der Waals surface area contributed by atoms with Crippen LogP contribution in [0.15, 0.2) is 22.0 Å². The molecule has 1 unspecified atom stereocenters. The van der Waals surface area contributed by atoms with E-state index in [1.54, 1.807) is 30.6 Å². The predicted octanol–water partition coefficient (Wildman–Crippen LogP) is 4.23. The first-order valence-electron chi connectivity index (χ1n) is 9.29. The van der Waals surface area contributed by atoms with Crippen LogP contribution in [0.4, 0.5) is 9.18 Å². The molecule has 0 spiro atoms. The first-order valence-corrected chi connectivity index (χ1v) is 10.5. The van der Waals surface area contributed by atoms with Crippen LogP contribution in [0, 0.1) is 5.92 Å². The third-order valence-corrected chi connectivity index (χ3v) is 5.01. The number of halogens is 1. The van der Waals surface area contributed by atoms with Crippen LogP contribution in [-0.2, 0) is 4.74 Å². The lowest BCUT2D eigenvalue weighted by atomic mass is 9.98. The van der Waals surface area contributed by atoms with Crippen molar-refractivity contribution in [1.29, 1.82) is 0 Å². The third-order valence-electron chi connectivity index (χ3n) is 4.15. The van der Waals surface area contributed by atoms with Gasteiger partial charge in [0.15, 0.2) is 0 Å². The maximum atomic E-state index is 14.1. The van der Waals surface area contributed by atoms with Gasteiger partial charge in [-0.25, -0.2) is 9.18 Å². The van der Waals surface area contributed by atoms with Gasteiger partial charge in [0.25, 0.3) is 0 Å². The Morgan fingerprint density at radius 2 is 1.96 bits per heavy atom. The van der Waals surface area contributed by atoms with E-state index in [9.17, 15) is 9.18 Å². The molecule has 0 aromatic heterocycles. The number of hydrogen-bond donors (Lipinski definition) is 1. The number of hydrazone groups is 1. The number of piperidine rings is 1. The highest BCUT2D eigenvalue weighted by Gasteiger charge is 2.29. The molecule has 1 aliphatic heterocycles. The number of nitrogens with zero attached hydrogens (tertiary/aromatic N) is 3. The fraction of sp³-hybridized carbons (Fsp3) is 0.737. The minimum atomic E-state index is -0.491. The lowest BCUT2D eigenvalue weighted by Crippen LogP contribution is -2.42. The molecule has 1 aliphatic rings. The Morgan fingerprint density at radius 3 is 2.41 bits per heavy atom. The molecule has 8 heteroatoms. The number of amides is 1. The first-order chi connectivity index (χ1) is 12.6. The molecule has 6 nitrogen and oxygen atoms in total. The van der Waals surface area contributed by atoms with Gasteiger partial charge in [0.1, 0.15) is 17.1 Å². The Morgan fingerprint density at radius 1 is 1.37 bits per heavy atom. The third kappa shape index (κ3) is 7.52. The van der Waals surface area contributed by atoms with Crippen molar-refractivity contribution in [3.8, 4) is 0 Å². The fourth-order valence-electron chi connectivity index (χ4n) is 2.83. The average Bonchev–Trinajstić information content (AvgIpc) is 2.62. The standard InChI is InChI=1S/C19H33FN4O2S/c1-8-15(20)16(23-21-6)13(2)22-17(27-7)14-9-11-24(12-10-14)18(25)26-19(3,4)5/h8,13-14,21H,9-12H2,1-7H3/b15-8+,22-17-,23-16+. The van der Waals surface area contributed by atoms with Crippen molar-refractivity contribution < 1.29 is 13.9 Å². The normalized spacial score (nSPS) is 19.1. The molecule has 1 amide bonds. The second kappa shape index (κ2) is 10.7. The highest BCUT2D eigenvalue weighted by Crippen LogP contribution is 2.25. The van der Waals surface area contributed by atoms with E-state index in [2.05, 4.69) is 10.5 Å². The molecule has 0 aromatic rings. The van der Waals surface area contributed by atoms with E-state index in [4.69, 9.17) is 9.73 Å². The van der Waals surface area contributed by atoms with Crippen molar-refractivity contribution in [3.63, 3.8) is 0 Å². The molecule has 1 N–H and O–H groups in total. The summed E-state index contributed by atoms with van der Waals surface area (Å²) in [6.45, 7) is 10.3. The zero-order chi connectivity index (χ0) is 20.6. The maximum absolute atomic E-state index is 14.1. The number of hydrogen-bond acceptors (Lipinski definition) is 6. The smallest absolute Gasteiger partial charge is 0.410 e. The van der Waals surface area contributed by atoms with E-state index in [0.29, 0.717) is 13.1 Å². The van der Waals surface area contributed by atoms with Crippen molar-refractivity contribution in [1.82, 2.24) is 10.3 Å². The number of ether oxygens (including phenoxy) is 1. The van der Waals surface area contributed by atoms with Gasteiger partial charge >= 0.3 is 6.09 Å². The van der Waals surface area contributed by atoms with E-state index in [1.165, 1.54) is 6.08 Å². The SMILES string of the molecule is C/C=C(F)\C(=N\NC)C(C)/N=C(\SC)C1CCN(C(=O)OC(C)(C)C)CC1. The van der Waals surface area contributed by atoms with Gasteiger partial charge in [0.2, 0.25) is 0 Å². The van der Waals surface area contributed by atoms with E-state index >= 15 is 0 Å². The molecule has 0 radical (unpaired) electrons. The second-order valence-electron chi connectivity index (χ2n) is 7.45. The molecular weight excluding hydrogens is 367 g/mol. The lowest BCUT2D eigenvalue weighted by Gasteiger charge is -2.33. The molecule has 1 atom stereocenters. The van der Waals surface area contributed by atoms with Gasteiger partial charge in [0.05, 0.1) is 11.1 Å². The summed E-state index contributed by atoms with van der Waals surface area (Å²) in [7, 11) is 1.64. The molecule has 1 fully saturated rings. The van der Waals surface area contributed by atoms with E-state index in [0.717, 1.165) is 17.9 Å². The highest BCUT2D eigenvalue weighted by molar-refractivity contribution is 8.13. The molecule has 0 aromatic carbocycles. The molecular formula is C19H33FN4O2S. The number of carbonyl (C=O) groups excluding carboxylic acids is 1. The van der Waals surface area contributed by atoms with Crippen LogP contribution in [0.5, 0.6) is 0 Å². The van der Waals surface area contributed by atoms with Crippen molar-refractivity contribution in [2.45, 2.75) is 59.1 Å². The summed E-state index contributed by atoms with van der Waals surface area (Å²) in [6, 6.07) is -0.389. The molecule has 0 aliphatic carbocycles. The average molecular weight is 401 g/mol. The molecule has 1 heterocycles. The summed E-state index contributed by atoms with van der Waals surface area (Å²) in [5.74, 6) is -0.119. The first kappa shape index (κ1) is 23.5. The second-order valence-corrected chi connectivity index (χ2v) is 8.27. The van der Waals surface area contributed by atoms with Crippen molar-refractivity contribution in [3.05, 3.63) is 11.9 Å².